The highest BCUT2D eigenvalue weighted by atomic mass is 35.5. The summed E-state index contributed by atoms with van der Waals surface area (Å²) < 4.78 is 0.714. The highest BCUT2D eigenvalue weighted by Crippen LogP contribution is 2.42. The van der Waals surface area contributed by atoms with Gasteiger partial charge in [-0.2, -0.15) is 5.10 Å². The Kier molecular flexibility index (Phi) is 7.19. The summed E-state index contributed by atoms with van der Waals surface area (Å²) in [7, 11) is 0. The van der Waals surface area contributed by atoms with Crippen LogP contribution >= 0.6 is 46.1 Å². The number of piperazine rings is 1. The average Bonchev–Trinajstić information content (AvgIpc) is 3.46. The molecule has 3 aliphatic rings. The molecule has 176 valence electrons. The summed E-state index contributed by atoms with van der Waals surface area (Å²) in [6.45, 7) is 3.40. The van der Waals surface area contributed by atoms with Gasteiger partial charge in [0, 0.05) is 48.5 Å². The van der Waals surface area contributed by atoms with Crippen LogP contribution in [0, 0.1) is 0 Å². The normalized spacial score (nSPS) is 22.6. The van der Waals surface area contributed by atoms with Crippen LogP contribution in [0.3, 0.4) is 0 Å². The number of anilines is 1. The molecule has 0 radical (unpaired) electrons. The van der Waals surface area contributed by atoms with E-state index < -0.39 is 0 Å². The van der Waals surface area contributed by atoms with Gasteiger partial charge in [0.2, 0.25) is 0 Å². The van der Waals surface area contributed by atoms with Crippen molar-refractivity contribution in [2.45, 2.75) is 50.6 Å². The maximum Gasteiger partial charge on any atom is 0.270 e. The van der Waals surface area contributed by atoms with E-state index >= 15 is 0 Å². The number of rotatable bonds is 4. The summed E-state index contributed by atoms with van der Waals surface area (Å²) >= 11 is 20.4. The fourth-order valence-corrected chi connectivity index (χ4v) is 6.82. The molecule has 1 amide bonds. The van der Waals surface area contributed by atoms with E-state index in [1.807, 2.05) is 28.1 Å². The fraction of sp³-hybridized carbons (Fsp3) is 0.500. The van der Waals surface area contributed by atoms with E-state index in [1.54, 1.807) is 12.1 Å². The Hall–Kier alpha value is -1.31. The molecule has 0 N–H and O–H groups in total. The minimum Gasteiger partial charge on any atom is -0.335 e. The van der Waals surface area contributed by atoms with Crippen LogP contribution in [0.5, 0.6) is 0 Å². The Morgan fingerprint density at radius 2 is 1.73 bits per heavy atom. The second-order valence-electron chi connectivity index (χ2n) is 8.97. The Labute approximate surface area is 213 Å². The third-order valence-electron chi connectivity index (χ3n) is 6.93. The lowest BCUT2D eigenvalue weighted by Gasteiger charge is -2.40. The Balaban J connectivity index is 1.33. The molecule has 0 spiro atoms. The van der Waals surface area contributed by atoms with Crippen molar-refractivity contribution in [3.63, 3.8) is 0 Å². The molecule has 5 rings (SSSR count). The molecule has 1 saturated heterocycles. The van der Waals surface area contributed by atoms with E-state index in [9.17, 15) is 4.79 Å². The summed E-state index contributed by atoms with van der Waals surface area (Å²) in [5.41, 5.74) is 1.31. The molecule has 2 fully saturated rings. The van der Waals surface area contributed by atoms with Crippen LogP contribution in [0.2, 0.25) is 14.4 Å². The van der Waals surface area contributed by atoms with Gasteiger partial charge in [0.25, 0.3) is 5.91 Å². The third-order valence-corrected chi connectivity index (χ3v) is 8.80. The number of hydrazone groups is 1. The van der Waals surface area contributed by atoms with Crippen molar-refractivity contribution in [1.29, 1.82) is 0 Å². The zero-order chi connectivity index (χ0) is 22.9. The number of nitrogens with zero attached hydrogens (tertiary/aromatic N) is 4. The van der Waals surface area contributed by atoms with E-state index in [4.69, 9.17) is 39.9 Å². The molecule has 1 atom stereocenters. The molecule has 0 bridgehead atoms. The number of carbonyl (C=O) groups excluding carboxylic acids is 1. The molecule has 9 heteroatoms. The summed E-state index contributed by atoms with van der Waals surface area (Å²) in [6, 6.07) is 9.80. The van der Waals surface area contributed by atoms with Gasteiger partial charge in [-0.3, -0.25) is 14.7 Å². The highest BCUT2D eigenvalue weighted by molar-refractivity contribution is 7.16. The number of benzene rings is 1. The third kappa shape index (κ3) is 5.06. The Morgan fingerprint density at radius 1 is 0.970 bits per heavy atom. The first-order chi connectivity index (χ1) is 16.0. The Morgan fingerprint density at radius 3 is 2.39 bits per heavy atom. The predicted molar refractivity (Wildman–Crippen MR) is 138 cm³/mol. The van der Waals surface area contributed by atoms with Gasteiger partial charge in [-0.1, -0.05) is 54.1 Å². The van der Waals surface area contributed by atoms with Gasteiger partial charge >= 0.3 is 0 Å². The Bertz CT molecular complexity index is 1040. The van der Waals surface area contributed by atoms with Crippen molar-refractivity contribution in [2.24, 2.45) is 5.10 Å². The SMILES string of the molecule is O=C(C1=NN(c2ccc(Cl)cc2Cl)C(c2ccc(Cl)s2)C1)N1CCN(C2CCCCC2)CC1. The first-order valence-electron chi connectivity index (χ1n) is 11.6. The van der Waals surface area contributed by atoms with E-state index in [1.165, 1.54) is 43.4 Å². The first kappa shape index (κ1) is 23.4. The smallest absolute Gasteiger partial charge is 0.270 e. The molecular weight excluding hydrogens is 499 g/mol. The van der Waals surface area contributed by atoms with Crippen molar-refractivity contribution in [3.05, 3.63) is 49.6 Å². The maximum atomic E-state index is 13.5. The van der Waals surface area contributed by atoms with Gasteiger partial charge in [-0.05, 0) is 43.2 Å². The minimum atomic E-state index is -0.122. The topological polar surface area (TPSA) is 39.2 Å². The number of thiophene rings is 1. The average molecular weight is 526 g/mol. The van der Waals surface area contributed by atoms with Gasteiger partial charge < -0.3 is 4.90 Å². The van der Waals surface area contributed by atoms with Gasteiger partial charge in [-0.25, -0.2) is 0 Å². The fourth-order valence-electron chi connectivity index (χ4n) is 5.18. The largest absolute Gasteiger partial charge is 0.335 e. The molecule has 1 saturated carbocycles. The summed E-state index contributed by atoms with van der Waals surface area (Å²) in [5, 5.41) is 7.71. The van der Waals surface area contributed by atoms with E-state index in [-0.39, 0.29) is 11.9 Å². The molecule has 5 nitrogen and oxygen atoms in total. The van der Waals surface area contributed by atoms with Gasteiger partial charge in [0.15, 0.2) is 0 Å². The number of amides is 1. The zero-order valence-electron chi connectivity index (χ0n) is 18.4. The van der Waals surface area contributed by atoms with Crippen molar-refractivity contribution < 1.29 is 4.79 Å². The lowest BCUT2D eigenvalue weighted by molar-refractivity contribution is -0.126. The first-order valence-corrected chi connectivity index (χ1v) is 13.5. The quantitative estimate of drug-likeness (QED) is 0.458. The van der Waals surface area contributed by atoms with Crippen LogP contribution in [0.15, 0.2) is 35.4 Å². The van der Waals surface area contributed by atoms with Gasteiger partial charge in [0.1, 0.15) is 5.71 Å². The number of carbonyl (C=O) groups is 1. The predicted octanol–water partition coefficient (Wildman–Crippen LogP) is 6.49. The van der Waals surface area contributed by atoms with Crippen molar-refractivity contribution in [3.8, 4) is 0 Å². The van der Waals surface area contributed by atoms with Crippen molar-refractivity contribution in [1.82, 2.24) is 9.80 Å². The van der Waals surface area contributed by atoms with Crippen LogP contribution in [-0.2, 0) is 4.79 Å². The summed E-state index contributed by atoms with van der Waals surface area (Å²) in [5.74, 6) is 0.0264. The monoisotopic (exact) mass is 524 g/mol. The molecule has 33 heavy (non-hydrogen) atoms. The molecule has 1 aliphatic carbocycles. The summed E-state index contributed by atoms with van der Waals surface area (Å²) in [4.78, 5) is 19.1. The summed E-state index contributed by atoms with van der Waals surface area (Å²) in [6.07, 6.45) is 7.14. The molecule has 2 aromatic rings. The number of halogens is 3. The molecular formula is C24H27Cl3N4OS. The lowest BCUT2D eigenvalue weighted by Crippen LogP contribution is -2.53. The molecule has 1 aromatic heterocycles. The second-order valence-corrected chi connectivity index (χ2v) is 11.6. The van der Waals surface area contributed by atoms with Crippen LogP contribution in [-0.4, -0.2) is 53.6 Å². The van der Waals surface area contributed by atoms with E-state index in [0.29, 0.717) is 32.6 Å². The maximum absolute atomic E-state index is 13.5. The lowest BCUT2D eigenvalue weighted by atomic mass is 9.94. The molecule has 1 aromatic carbocycles. The van der Waals surface area contributed by atoms with Gasteiger partial charge in [0.05, 0.1) is 21.1 Å². The van der Waals surface area contributed by atoms with Crippen molar-refractivity contribution in [2.75, 3.05) is 31.2 Å². The zero-order valence-corrected chi connectivity index (χ0v) is 21.4. The van der Waals surface area contributed by atoms with Crippen LogP contribution in [0.1, 0.15) is 49.4 Å². The second kappa shape index (κ2) is 10.1. The number of hydrogen-bond acceptors (Lipinski definition) is 5. The minimum absolute atomic E-state index is 0.0264. The molecule has 3 heterocycles. The molecule has 1 unspecified atom stereocenters. The highest BCUT2D eigenvalue weighted by Gasteiger charge is 2.37. The van der Waals surface area contributed by atoms with Crippen LogP contribution in [0.4, 0.5) is 5.69 Å². The van der Waals surface area contributed by atoms with Crippen molar-refractivity contribution >= 4 is 63.4 Å². The standard InChI is InChI=1S/C24H27Cl3N4OS/c25-16-6-7-20(18(26)14-16)31-21(22-8-9-23(27)33-22)15-19(28-31)24(32)30-12-10-29(11-13-30)17-4-2-1-3-5-17/h6-9,14,17,21H,1-5,10-13,15H2. The van der Waals surface area contributed by atoms with Gasteiger partial charge in [-0.15, -0.1) is 11.3 Å². The van der Waals surface area contributed by atoms with Crippen LogP contribution < -0.4 is 5.01 Å². The molecule has 2 aliphatic heterocycles. The number of hydrogen-bond donors (Lipinski definition) is 0. The van der Waals surface area contributed by atoms with Crippen LogP contribution in [0.25, 0.3) is 0 Å². The van der Waals surface area contributed by atoms with E-state index in [2.05, 4.69) is 4.90 Å². The van der Waals surface area contributed by atoms with E-state index in [0.717, 1.165) is 36.7 Å².